The van der Waals surface area contributed by atoms with Crippen molar-refractivity contribution in [1.82, 2.24) is 9.88 Å². The van der Waals surface area contributed by atoms with E-state index >= 15 is 0 Å². The summed E-state index contributed by atoms with van der Waals surface area (Å²) in [5.41, 5.74) is 1.11. The predicted octanol–water partition coefficient (Wildman–Crippen LogP) is 1.30. The average molecular weight is 310 g/mol. The quantitative estimate of drug-likeness (QED) is 0.832. The molecule has 1 aromatic heterocycles. The number of rotatable bonds is 6. The summed E-state index contributed by atoms with van der Waals surface area (Å²) in [6.45, 7) is 1.77. The molecule has 0 unspecified atom stereocenters. The zero-order valence-electron chi connectivity index (χ0n) is 11.2. The second-order valence-corrected chi connectivity index (χ2v) is 6.32. The van der Waals surface area contributed by atoms with E-state index in [1.165, 1.54) is 24.3 Å². The fraction of sp³-hybridized carbons (Fsp3) is 0.231. The van der Waals surface area contributed by atoms with Gasteiger partial charge in [-0.15, -0.1) is 0 Å². The van der Waals surface area contributed by atoms with Gasteiger partial charge in [0.25, 0.3) is 0 Å². The molecule has 0 amide bonds. The lowest BCUT2D eigenvalue weighted by molar-refractivity contribution is 0.0697. The highest BCUT2D eigenvalue weighted by Gasteiger charge is 2.13. The molecule has 0 saturated carbocycles. The van der Waals surface area contributed by atoms with Crippen LogP contribution in [0.1, 0.15) is 27.4 Å². The molecular weight excluding hydrogens is 296 g/mol. The predicted molar refractivity (Wildman–Crippen MR) is 74.1 cm³/mol. The van der Waals surface area contributed by atoms with E-state index in [1.807, 2.05) is 0 Å². The van der Waals surface area contributed by atoms with Gasteiger partial charge in [-0.25, -0.2) is 17.9 Å². The molecule has 2 aromatic rings. The van der Waals surface area contributed by atoms with Crippen LogP contribution in [0.2, 0.25) is 0 Å². The van der Waals surface area contributed by atoms with E-state index in [0.717, 1.165) is 0 Å². The van der Waals surface area contributed by atoms with Gasteiger partial charge in [-0.3, -0.25) is 0 Å². The average Bonchev–Trinajstić information content (AvgIpc) is 2.83. The van der Waals surface area contributed by atoms with E-state index in [1.54, 1.807) is 13.0 Å². The van der Waals surface area contributed by atoms with Gasteiger partial charge in [0.2, 0.25) is 10.0 Å². The first-order chi connectivity index (χ1) is 9.85. The van der Waals surface area contributed by atoms with Crippen LogP contribution in [-0.4, -0.2) is 24.7 Å². The lowest BCUT2D eigenvalue weighted by Gasteiger charge is -2.05. The molecule has 0 saturated heterocycles. The number of aromatic carboxylic acids is 1. The third kappa shape index (κ3) is 4.40. The maximum Gasteiger partial charge on any atom is 0.335 e. The molecule has 112 valence electrons. The number of carboxylic acid groups (broad SMARTS) is 1. The van der Waals surface area contributed by atoms with Crippen molar-refractivity contribution >= 4 is 16.0 Å². The van der Waals surface area contributed by atoms with Crippen molar-refractivity contribution < 1.29 is 22.8 Å². The molecule has 1 heterocycles. The first-order valence-electron chi connectivity index (χ1n) is 6.07. The number of carboxylic acids is 1. The number of nitrogens with one attached hydrogen (secondary N) is 1. The van der Waals surface area contributed by atoms with Crippen LogP contribution in [0, 0.1) is 6.92 Å². The standard InChI is InChI=1S/C13H14N2O5S/c1-9-6-12(15-20-9)7-14-21(18,19)8-10-2-4-11(5-3-10)13(16)17/h2-6,14H,7-8H2,1H3,(H,16,17). The van der Waals surface area contributed by atoms with E-state index < -0.39 is 16.0 Å². The third-order valence-corrected chi connectivity index (χ3v) is 4.01. The Bertz CT molecular complexity index is 734. The Labute approximate surface area is 121 Å². The van der Waals surface area contributed by atoms with Gasteiger partial charge in [0.1, 0.15) is 5.76 Å². The molecule has 7 nitrogen and oxygen atoms in total. The van der Waals surface area contributed by atoms with Crippen molar-refractivity contribution in [3.05, 3.63) is 52.9 Å². The van der Waals surface area contributed by atoms with Crippen molar-refractivity contribution in [2.45, 2.75) is 19.2 Å². The Balaban J connectivity index is 1.98. The third-order valence-electron chi connectivity index (χ3n) is 2.71. The highest BCUT2D eigenvalue weighted by molar-refractivity contribution is 7.88. The van der Waals surface area contributed by atoms with Gasteiger partial charge < -0.3 is 9.63 Å². The van der Waals surface area contributed by atoms with Gasteiger partial charge in [-0.2, -0.15) is 0 Å². The Morgan fingerprint density at radius 2 is 2.00 bits per heavy atom. The highest BCUT2D eigenvalue weighted by atomic mass is 32.2. The first kappa shape index (κ1) is 15.2. The Hall–Kier alpha value is -2.19. The molecule has 1 aromatic carbocycles. The molecule has 0 bridgehead atoms. The molecule has 0 fully saturated rings. The summed E-state index contributed by atoms with van der Waals surface area (Å²) in [6.07, 6.45) is 0. The molecule has 0 aliphatic rings. The maximum absolute atomic E-state index is 11.9. The molecule has 0 spiro atoms. The number of hydrogen-bond acceptors (Lipinski definition) is 5. The molecule has 0 radical (unpaired) electrons. The van der Waals surface area contributed by atoms with Crippen molar-refractivity contribution in [3.63, 3.8) is 0 Å². The summed E-state index contributed by atoms with van der Waals surface area (Å²) < 4.78 is 31.1. The van der Waals surface area contributed by atoms with Crippen molar-refractivity contribution in [2.75, 3.05) is 0 Å². The molecule has 8 heteroatoms. The largest absolute Gasteiger partial charge is 0.478 e. The van der Waals surface area contributed by atoms with Crippen LogP contribution >= 0.6 is 0 Å². The van der Waals surface area contributed by atoms with Crippen molar-refractivity contribution in [3.8, 4) is 0 Å². The minimum absolute atomic E-state index is 0.0485. The number of nitrogens with zero attached hydrogens (tertiary/aromatic N) is 1. The van der Waals surface area contributed by atoms with Gasteiger partial charge in [-0.05, 0) is 24.6 Å². The summed E-state index contributed by atoms with van der Waals surface area (Å²) >= 11 is 0. The van der Waals surface area contributed by atoms with Crippen LogP contribution < -0.4 is 4.72 Å². The Kier molecular flexibility index (Phi) is 4.39. The fourth-order valence-electron chi connectivity index (χ4n) is 1.70. The van der Waals surface area contributed by atoms with Crippen LogP contribution in [0.3, 0.4) is 0 Å². The normalized spacial score (nSPS) is 11.5. The van der Waals surface area contributed by atoms with E-state index in [4.69, 9.17) is 9.63 Å². The minimum Gasteiger partial charge on any atom is -0.478 e. The second kappa shape index (κ2) is 6.06. The molecule has 0 aliphatic carbocycles. The summed E-state index contributed by atoms with van der Waals surface area (Å²) in [5, 5.41) is 12.5. The second-order valence-electron chi connectivity index (χ2n) is 4.51. The van der Waals surface area contributed by atoms with Crippen LogP contribution in [0.4, 0.5) is 0 Å². The Morgan fingerprint density at radius 3 is 2.52 bits per heavy atom. The minimum atomic E-state index is -3.54. The molecule has 2 N–H and O–H groups in total. The van der Waals surface area contributed by atoms with Crippen LogP contribution in [0.25, 0.3) is 0 Å². The number of aryl methyl sites for hydroxylation is 1. The molecule has 21 heavy (non-hydrogen) atoms. The van der Waals surface area contributed by atoms with E-state index in [-0.39, 0.29) is 17.9 Å². The number of benzene rings is 1. The topological polar surface area (TPSA) is 110 Å². The summed E-state index contributed by atoms with van der Waals surface area (Å²) in [6, 6.07) is 7.33. The molecular formula is C13H14N2O5S. The lowest BCUT2D eigenvalue weighted by Crippen LogP contribution is -2.24. The van der Waals surface area contributed by atoms with Crippen molar-refractivity contribution in [2.24, 2.45) is 0 Å². The van der Waals surface area contributed by atoms with Crippen LogP contribution in [-0.2, 0) is 22.3 Å². The molecule has 2 rings (SSSR count). The number of hydrogen-bond donors (Lipinski definition) is 2. The van der Waals surface area contributed by atoms with E-state index in [9.17, 15) is 13.2 Å². The van der Waals surface area contributed by atoms with Gasteiger partial charge in [0, 0.05) is 6.07 Å². The molecule has 0 aliphatic heterocycles. The van der Waals surface area contributed by atoms with E-state index in [0.29, 0.717) is 17.0 Å². The smallest absolute Gasteiger partial charge is 0.335 e. The summed E-state index contributed by atoms with van der Waals surface area (Å²) in [5.74, 6) is -0.679. The summed E-state index contributed by atoms with van der Waals surface area (Å²) in [7, 11) is -3.54. The first-order valence-corrected chi connectivity index (χ1v) is 7.73. The molecule has 0 atom stereocenters. The van der Waals surface area contributed by atoms with E-state index in [2.05, 4.69) is 9.88 Å². The zero-order chi connectivity index (χ0) is 15.5. The van der Waals surface area contributed by atoms with Gasteiger partial charge >= 0.3 is 5.97 Å². The number of sulfonamides is 1. The van der Waals surface area contributed by atoms with Gasteiger partial charge in [0.15, 0.2) is 0 Å². The Morgan fingerprint density at radius 1 is 1.33 bits per heavy atom. The number of aromatic nitrogens is 1. The van der Waals surface area contributed by atoms with Gasteiger partial charge in [-0.1, -0.05) is 17.3 Å². The van der Waals surface area contributed by atoms with Gasteiger partial charge in [0.05, 0.1) is 23.6 Å². The summed E-state index contributed by atoms with van der Waals surface area (Å²) in [4.78, 5) is 10.7. The lowest BCUT2D eigenvalue weighted by atomic mass is 10.1. The van der Waals surface area contributed by atoms with Crippen LogP contribution in [0.5, 0.6) is 0 Å². The maximum atomic E-state index is 11.9. The van der Waals surface area contributed by atoms with Crippen LogP contribution in [0.15, 0.2) is 34.9 Å². The monoisotopic (exact) mass is 310 g/mol. The zero-order valence-corrected chi connectivity index (χ0v) is 12.1. The fourth-order valence-corrected chi connectivity index (χ4v) is 2.80. The number of carbonyl (C=O) groups is 1. The SMILES string of the molecule is Cc1cc(CNS(=O)(=O)Cc2ccc(C(=O)O)cc2)no1. The van der Waals surface area contributed by atoms with Crippen molar-refractivity contribution in [1.29, 1.82) is 0 Å². The highest BCUT2D eigenvalue weighted by Crippen LogP contribution is 2.09.